The third-order valence-corrected chi connectivity index (χ3v) is 4.57. The fourth-order valence-corrected chi connectivity index (χ4v) is 3.36. The second-order valence-electron chi connectivity index (χ2n) is 6.35. The van der Waals surface area contributed by atoms with E-state index >= 15 is 0 Å². The normalized spacial score (nSPS) is 12.9. The van der Waals surface area contributed by atoms with Crippen LogP contribution in [-0.4, -0.2) is 38.2 Å². The smallest absolute Gasteiger partial charge is 0.354 e. The van der Waals surface area contributed by atoms with Crippen molar-refractivity contribution >= 4 is 11.9 Å². The van der Waals surface area contributed by atoms with Crippen molar-refractivity contribution in [3.8, 4) is 11.1 Å². The van der Waals surface area contributed by atoms with Gasteiger partial charge in [0.25, 0.3) is 0 Å². The first-order chi connectivity index (χ1) is 13.7. The lowest BCUT2D eigenvalue weighted by molar-refractivity contribution is -0.141. The molecule has 0 atom stereocenters. The van der Waals surface area contributed by atoms with Gasteiger partial charge in [-0.25, -0.2) is 9.59 Å². The third kappa shape index (κ3) is 4.23. The van der Waals surface area contributed by atoms with Gasteiger partial charge in [0.15, 0.2) is 0 Å². The summed E-state index contributed by atoms with van der Waals surface area (Å²) in [6.07, 6.45) is 1.13. The maximum Gasteiger partial charge on any atom is 0.354 e. The van der Waals surface area contributed by atoms with Crippen molar-refractivity contribution in [2.75, 3.05) is 26.3 Å². The number of nitrogens with two attached hydrogens (primary N) is 1. The molecule has 0 saturated heterocycles. The maximum absolute atomic E-state index is 12.3. The number of carbonyl (C=O) groups is 2. The van der Waals surface area contributed by atoms with E-state index in [9.17, 15) is 9.59 Å². The Morgan fingerprint density at radius 3 is 2.21 bits per heavy atom. The summed E-state index contributed by atoms with van der Waals surface area (Å²) in [5.74, 6) is -1.24. The minimum absolute atomic E-state index is 0.0344. The highest BCUT2D eigenvalue weighted by Crippen LogP contribution is 2.44. The molecule has 28 heavy (non-hydrogen) atoms. The van der Waals surface area contributed by atoms with Gasteiger partial charge in [0.2, 0.25) is 0 Å². The zero-order valence-corrected chi connectivity index (χ0v) is 15.8. The van der Waals surface area contributed by atoms with E-state index in [1.54, 1.807) is 6.92 Å². The number of carbonyl (C=O) groups excluding carboxylic acids is 2. The Kier molecular flexibility index (Phi) is 6.45. The molecule has 0 spiro atoms. The van der Waals surface area contributed by atoms with E-state index in [1.807, 2.05) is 24.3 Å². The highest BCUT2D eigenvalue weighted by molar-refractivity contribution is 5.96. The van der Waals surface area contributed by atoms with Gasteiger partial charge in [-0.3, -0.25) is 0 Å². The second-order valence-corrected chi connectivity index (χ2v) is 6.35. The molecule has 0 aliphatic heterocycles. The van der Waals surface area contributed by atoms with Gasteiger partial charge in [0, 0.05) is 19.0 Å². The van der Waals surface area contributed by atoms with Crippen LogP contribution in [0, 0.1) is 0 Å². The number of rotatable bonds is 8. The van der Waals surface area contributed by atoms with Gasteiger partial charge >= 0.3 is 11.9 Å². The van der Waals surface area contributed by atoms with Gasteiger partial charge in [-0.1, -0.05) is 48.5 Å². The standard InChI is InChI=1S/C22H24N2O4/c1-2-27-22(26)20(24-12-11-23)13-21(25)28-14-19-17-9-5-3-7-15(17)16-8-4-6-10-18(16)19/h3-10,13,19,24H,2,11-12,14,23H2,1H3. The molecule has 3 N–H and O–H groups in total. The molecule has 2 aromatic rings. The average Bonchev–Trinajstić information content (AvgIpc) is 3.03. The minimum atomic E-state index is -0.607. The number of fused-ring (bicyclic) bond motifs is 3. The van der Waals surface area contributed by atoms with Gasteiger partial charge in [-0.05, 0) is 29.2 Å². The molecule has 0 fully saturated rings. The SMILES string of the molecule is CCOC(=O)C(=CC(=O)OCC1c2ccccc2-c2ccccc21)NCCN. The number of nitrogens with one attached hydrogen (secondary N) is 1. The zero-order valence-electron chi connectivity index (χ0n) is 15.8. The Hall–Kier alpha value is -3.12. The molecule has 6 heteroatoms. The number of ether oxygens (including phenoxy) is 2. The monoisotopic (exact) mass is 380 g/mol. The highest BCUT2D eigenvalue weighted by atomic mass is 16.5. The molecule has 1 aliphatic rings. The summed E-state index contributed by atoms with van der Waals surface area (Å²) in [4.78, 5) is 24.3. The molecular weight excluding hydrogens is 356 g/mol. The molecular formula is C22H24N2O4. The molecule has 0 bridgehead atoms. The van der Waals surface area contributed by atoms with Crippen molar-refractivity contribution < 1.29 is 19.1 Å². The molecule has 2 aromatic carbocycles. The van der Waals surface area contributed by atoms with E-state index in [1.165, 1.54) is 0 Å². The summed E-state index contributed by atoms with van der Waals surface area (Å²) in [6, 6.07) is 16.2. The van der Waals surface area contributed by atoms with Crippen molar-refractivity contribution in [2.24, 2.45) is 5.73 Å². The van der Waals surface area contributed by atoms with Crippen LogP contribution in [0.2, 0.25) is 0 Å². The first-order valence-corrected chi connectivity index (χ1v) is 9.33. The first kappa shape index (κ1) is 19.6. The van der Waals surface area contributed by atoms with Gasteiger partial charge in [0.05, 0.1) is 12.7 Å². The fourth-order valence-electron chi connectivity index (χ4n) is 3.36. The lowest BCUT2D eigenvalue weighted by atomic mass is 9.98. The van der Waals surface area contributed by atoms with Crippen LogP contribution in [0.4, 0.5) is 0 Å². The topological polar surface area (TPSA) is 90.7 Å². The fraction of sp³-hybridized carbons (Fsp3) is 0.273. The quantitative estimate of drug-likeness (QED) is 0.540. The average molecular weight is 380 g/mol. The lowest BCUT2D eigenvalue weighted by Gasteiger charge is -2.14. The summed E-state index contributed by atoms with van der Waals surface area (Å²) in [5, 5.41) is 2.80. The molecule has 0 radical (unpaired) electrons. The minimum Gasteiger partial charge on any atom is -0.461 e. The highest BCUT2D eigenvalue weighted by Gasteiger charge is 2.29. The molecule has 1 aliphatic carbocycles. The summed E-state index contributed by atoms with van der Waals surface area (Å²) in [5.41, 5.74) is 10.1. The summed E-state index contributed by atoms with van der Waals surface area (Å²) in [6.45, 7) is 2.77. The molecule has 0 heterocycles. The summed E-state index contributed by atoms with van der Waals surface area (Å²) in [7, 11) is 0. The van der Waals surface area contributed by atoms with Gasteiger partial charge < -0.3 is 20.5 Å². The van der Waals surface area contributed by atoms with Crippen LogP contribution < -0.4 is 11.1 Å². The van der Waals surface area contributed by atoms with Crippen molar-refractivity contribution in [3.63, 3.8) is 0 Å². The van der Waals surface area contributed by atoms with E-state index in [2.05, 4.69) is 29.6 Å². The van der Waals surface area contributed by atoms with Gasteiger partial charge in [-0.2, -0.15) is 0 Å². The van der Waals surface area contributed by atoms with Crippen molar-refractivity contribution in [1.82, 2.24) is 5.32 Å². The summed E-state index contributed by atoms with van der Waals surface area (Å²) >= 11 is 0. The summed E-state index contributed by atoms with van der Waals surface area (Å²) < 4.78 is 10.4. The van der Waals surface area contributed by atoms with Crippen LogP contribution >= 0.6 is 0 Å². The number of hydrogen-bond donors (Lipinski definition) is 2. The first-order valence-electron chi connectivity index (χ1n) is 9.33. The lowest BCUT2D eigenvalue weighted by Crippen LogP contribution is -2.28. The number of benzene rings is 2. The number of hydrogen-bond acceptors (Lipinski definition) is 6. The van der Waals surface area contributed by atoms with Crippen molar-refractivity contribution in [2.45, 2.75) is 12.8 Å². The van der Waals surface area contributed by atoms with Crippen LogP contribution in [0.5, 0.6) is 0 Å². The second kappa shape index (κ2) is 9.19. The molecule has 3 rings (SSSR count). The largest absolute Gasteiger partial charge is 0.461 e. The Balaban J connectivity index is 1.74. The van der Waals surface area contributed by atoms with E-state index in [4.69, 9.17) is 15.2 Å². The van der Waals surface area contributed by atoms with Gasteiger partial charge in [-0.15, -0.1) is 0 Å². The zero-order chi connectivity index (χ0) is 19.9. The maximum atomic E-state index is 12.3. The number of esters is 2. The van der Waals surface area contributed by atoms with Crippen LogP contribution in [-0.2, 0) is 19.1 Å². The Morgan fingerprint density at radius 1 is 1.04 bits per heavy atom. The Bertz CT molecular complexity index is 846. The molecule has 6 nitrogen and oxygen atoms in total. The van der Waals surface area contributed by atoms with Crippen LogP contribution in [0.1, 0.15) is 24.0 Å². The predicted octanol–water partition coefficient (Wildman–Crippen LogP) is 2.34. The molecule has 0 saturated carbocycles. The molecule has 0 amide bonds. The third-order valence-electron chi connectivity index (χ3n) is 4.57. The Labute approximate surface area is 164 Å². The van der Waals surface area contributed by atoms with Crippen molar-refractivity contribution in [3.05, 3.63) is 71.4 Å². The van der Waals surface area contributed by atoms with Gasteiger partial charge in [0.1, 0.15) is 12.3 Å². The van der Waals surface area contributed by atoms with E-state index in [-0.39, 0.29) is 24.8 Å². The Morgan fingerprint density at radius 2 is 1.64 bits per heavy atom. The van der Waals surface area contributed by atoms with Crippen LogP contribution in [0.25, 0.3) is 11.1 Å². The van der Waals surface area contributed by atoms with Crippen molar-refractivity contribution in [1.29, 1.82) is 0 Å². The van der Waals surface area contributed by atoms with E-state index < -0.39 is 11.9 Å². The van der Waals surface area contributed by atoms with Crippen LogP contribution in [0.15, 0.2) is 60.3 Å². The molecule has 146 valence electrons. The van der Waals surface area contributed by atoms with E-state index in [0.29, 0.717) is 13.1 Å². The van der Waals surface area contributed by atoms with E-state index in [0.717, 1.165) is 28.3 Å². The predicted molar refractivity (Wildman–Crippen MR) is 106 cm³/mol. The molecule has 0 unspecified atom stereocenters. The molecule has 0 aromatic heterocycles. The van der Waals surface area contributed by atoms with Crippen LogP contribution in [0.3, 0.4) is 0 Å².